The monoisotopic (exact) mass is 354 g/mol. The second-order valence-electron chi connectivity index (χ2n) is 6.48. The predicted octanol–water partition coefficient (Wildman–Crippen LogP) is 4.99. The molecule has 1 amide bonds. The van der Waals surface area contributed by atoms with Crippen LogP contribution in [0.2, 0.25) is 0 Å². The molecule has 5 heteroatoms. The topological polar surface area (TPSA) is 34.0 Å². The van der Waals surface area contributed by atoms with E-state index in [1.807, 2.05) is 55.7 Å². The Morgan fingerprint density at radius 1 is 1.00 bits per heavy atom. The van der Waals surface area contributed by atoms with Crippen LogP contribution in [0.15, 0.2) is 48.5 Å². The number of hydrogen-bond donors (Lipinski definition) is 1. The Hall–Kier alpha value is -2.95. The van der Waals surface area contributed by atoms with Gasteiger partial charge in [-0.1, -0.05) is 18.2 Å². The summed E-state index contributed by atoms with van der Waals surface area (Å²) in [6, 6.07) is 13.2. The zero-order chi connectivity index (χ0) is 18.8. The third-order valence-electron chi connectivity index (χ3n) is 4.31. The molecule has 26 heavy (non-hydrogen) atoms. The quantitative estimate of drug-likeness (QED) is 0.703. The van der Waals surface area contributed by atoms with Crippen LogP contribution in [-0.2, 0) is 6.54 Å². The van der Waals surface area contributed by atoms with E-state index < -0.39 is 11.6 Å². The molecule has 0 fully saturated rings. The number of halogens is 2. The molecule has 0 spiro atoms. The number of hydrogen-bond acceptors (Lipinski definition) is 1. The Bertz CT molecular complexity index is 976. The van der Waals surface area contributed by atoms with Crippen molar-refractivity contribution in [3.05, 3.63) is 88.2 Å². The second-order valence-corrected chi connectivity index (χ2v) is 6.48. The van der Waals surface area contributed by atoms with Crippen molar-refractivity contribution < 1.29 is 13.6 Å². The van der Waals surface area contributed by atoms with Crippen molar-refractivity contribution in [1.29, 1.82) is 0 Å². The van der Waals surface area contributed by atoms with Crippen LogP contribution in [0.4, 0.5) is 14.5 Å². The molecule has 0 aliphatic heterocycles. The molecular weight excluding hydrogens is 334 g/mol. The van der Waals surface area contributed by atoms with Crippen LogP contribution < -0.4 is 5.32 Å². The third-order valence-corrected chi connectivity index (χ3v) is 4.31. The largest absolute Gasteiger partial charge is 0.336 e. The van der Waals surface area contributed by atoms with Crippen LogP contribution in [0.5, 0.6) is 0 Å². The Morgan fingerprint density at radius 2 is 1.77 bits per heavy atom. The van der Waals surface area contributed by atoms with Gasteiger partial charge in [-0.25, -0.2) is 8.78 Å². The number of aromatic nitrogens is 1. The van der Waals surface area contributed by atoms with Crippen molar-refractivity contribution in [2.75, 3.05) is 5.32 Å². The fraction of sp³-hybridized carbons (Fsp3) is 0.190. The molecule has 0 aliphatic carbocycles. The number of benzene rings is 2. The highest BCUT2D eigenvalue weighted by atomic mass is 19.2. The van der Waals surface area contributed by atoms with Crippen LogP contribution in [0.3, 0.4) is 0 Å². The molecule has 0 unspecified atom stereocenters. The fourth-order valence-corrected chi connectivity index (χ4v) is 3.09. The van der Waals surface area contributed by atoms with Crippen LogP contribution in [0.25, 0.3) is 0 Å². The summed E-state index contributed by atoms with van der Waals surface area (Å²) in [4.78, 5) is 12.8. The molecule has 0 radical (unpaired) electrons. The Labute approximate surface area is 151 Å². The summed E-state index contributed by atoms with van der Waals surface area (Å²) >= 11 is 0. The molecule has 3 aromatic rings. The van der Waals surface area contributed by atoms with Crippen molar-refractivity contribution in [2.45, 2.75) is 27.3 Å². The van der Waals surface area contributed by atoms with E-state index in [1.165, 1.54) is 6.07 Å². The van der Waals surface area contributed by atoms with E-state index in [2.05, 4.69) is 5.32 Å². The number of aryl methyl sites for hydroxylation is 3. The first-order chi connectivity index (χ1) is 12.3. The van der Waals surface area contributed by atoms with Crippen molar-refractivity contribution in [3.63, 3.8) is 0 Å². The highest BCUT2D eigenvalue weighted by molar-refractivity contribution is 6.04. The lowest BCUT2D eigenvalue weighted by Gasteiger charge is -2.13. The number of nitrogens with one attached hydrogen (secondary N) is 1. The maximum atomic E-state index is 13.5. The van der Waals surface area contributed by atoms with E-state index in [-0.39, 0.29) is 12.5 Å². The molecule has 134 valence electrons. The van der Waals surface area contributed by atoms with Crippen molar-refractivity contribution in [3.8, 4) is 0 Å². The van der Waals surface area contributed by atoms with Gasteiger partial charge in [0.15, 0.2) is 11.6 Å². The van der Waals surface area contributed by atoms with Crippen LogP contribution >= 0.6 is 0 Å². The summed E-state index contributed by atoms with van der Waals surface area (Å²) in [5.41, 5.74) is 4.57. The SMILES string of the molecule is Cc1cccc(NC(=O)c2c(C)cc(C)n2Cc2ccc(F)c(F)c2)c1. The highest BCUT2D eigenvalue weighted by Gasteiger charge is 2.18. The standard InChI is InChI=1S/C21H20F2N2O/c1-13-5-4-6-17(9-13)24-21(26)20-14(2)10-15(3)25(20)12-16-7-8-18(22)19(23)11-16/h4-11H,12H2,1-3H3,(H,24,26). The summed E-state index contributed by atoms with van der Waals surface area (Å²) in [7, 11) is 0. The summed E-state index contributed by atoms with van der Waals surface area (Å²) in [6.45, 7) is 5.99. The van der Waals surface area contributed by atoms with Crippen molar-refractivity contribution in [2.24, 2.45) is 0 Å². The smallest absolute Gasteiger partial charge is 0.272 e. The molecule has 0 atom stereocenters. The maximum absolute atomic E-state index is 13.5. The molecule has 3 rings (SSSR count). The second kappa shape index (κ2) is 7.12. The van der Waals surface area contributed by atoms with Gasteiger partial charge in [0.2, 0.25) is 0 Å². The van der Waals surface area contributed by atoms with Gasteiger partial charge in [0.05, 0.1) is 0 Å². The van der Waals surface area contributed by atoms with Gasteiger partial charge in [0.25, 0.3) is 5.91 Å². The molecule has 0 saturated carbocycles. The van der Waals surface area contributed by atoms with Gasteiger partial charge in [0, 0.05) is 17.9 Å². The summed E-state index contributed by atoms with van der Waals surface area (Å²) in [5.74, 6) is -2.01. The number of carbonyl (C=O) groups excluding carboxylic acids is 1. The van der Waals surface area contributed by atoms with Gasteiger partial charge in [-0.2, -0.15) is 0 Å². The number of rotatable bonds is 4. The average molecular weight is 354 g/mol. The third kappa shape index (κ3) is 3.67. The number of amides is 1. The molecule has 3 nitrogen and oxygen atoms in total. The number of anilines is 1. The normalized spacial score (nSPS) is 10.8. The van der Waals surface area contributed by atoms with Crippen molar-refractivity contribution >= 4 is 11.6 Å². The van der Waals surface area contributed by atoms with Crippen LogP contribution in [0, 0.1) is 32.4 Å². The van der Waals surface area contributed by atoms with Crippen LogP contribution in [-0.4, -0.2) is 10.5 Å². The van der Waals surface area contributed by atoms with Gasteiger partial charge >= 0.3 is 0 Å². The highest BCUT2D eigenvalue weighted by Crippen LogP contribution is 2.20. The molecule has 0 bridgehead atoms. The van der Waals surface area contributed by atoms with E-state index in [1.54, 1.807) is 0 Å². The molecule has 0 aliphatic rings. The van der Waals surface area contributed by atoms with Gasteiger partial charge < -0.3 is 9.88 Å². The Kier molecular flexibility index (Phi) is 4.89. The minimum absolute atomic E-state index is 0.233. The van der Waals surface area contributed by atoms with Gasteiger partial charge in [-0.15, -0.1) is 0 Å². The first-order valence-electron chi connectivity index (χ1n) is 8.34. The number of nitrogens with zero attached hydrogens (tertiary/aromatic N) is 1. The molecule has 0 saturated heterocycles. The van der Waals surface area contributed by atoms with E-state index >= 15 is 0 Å². The fourth-order valence-electron chi connectivity index (χ4n) is 3.09. The first kappa shape index (κ1) is 17.9. The molecule has 1 N–H and O–H groups in total. The minimum Gasteiger partial charge on any atom is -0.336 e. The zero-order valence-electron chi connectivity index (χ0n) is 14.9. The summed E-state index contributed by atoms with van der Waals surface area (Å²) in [6.07, 6.45) is 0. The summed E-state index contributed by atoms with van der Waals surface area (Å²) in [5, 5.41) is 2.91. The number of carbonyl (C=O) groups is 1. The summed E-state index contributed by atoms with van der Waals surface area (Å²) < 4.78 is 28.5. The lowest BCUT2D eigenvalue weighted by atomic mass is 10.2. The van der Waals surface area contributed by atoms with E-state index in [0.29, 0.717) is 16.9 Å². The lowest BCUT2D eigenvalue weighted by Crippen LogP contribution is -2.19. The van der Waals surface area contributed by atoms with Gasteiger partial charge in [0.1, 0.15) is 5.69 Å². The zero-order valence-corrected chi connectivity index (χ0v) is 14.9. The first-order valence-corrected chi connectivity index (χ1v) is 8.34. The van der Waals surface area contributed by atoms with E-state index in [0.717, 1.165) is 29.0 Å². The van der Waals surface area contributed by atoms with Crippen molar-refractivity contribution in [1.82, 2.24) is 4.57 Å². The molecular formula is C21H20F2N2O. The Balaban J connectivity index is 1.92. The molecule has 1 aromatic heterocycles. The van der Waals surface area contributed by atoms with E-state index in [9.17, 15) is 13.6 Å². The van der Waals surface area contributed by atoms with Crippen LogP contribution in [0.1, 0.15) is 32.9 Å². The van der Waals surface area contributed by atoms with Gasteiger partial charge in [-0.3, -0.25) is 4.79 Å². The average Bonchev–Trinajstić information content (AvgIpc) is 2.84. The molecule has 1 heterocycles. The maximum Gasteiger partial charge on any atom is 0.272 e. The lowest BCUT2D eigenvalue weighted by molar-refractivity contribution is 0.101. The predicted molar refractivity (Wildman–Crippen MR) is 98.5 cm³/mol. The van der Waals surface area contributed by atoms with Gasteiger partial charge in [-0.05, 0) is 67.8 Å². The van der Waals surface area contributed by atoms with E-state index in [4.69, 9.17) is 0 Å². The minimum atomic E-state index is -0.894. The Morgan fingerprint density at radius 3 is 2.46 bits per heavy atom. The molecule has 2 aromatic carbocycles.